The van der Waals surface area contributed by atoms with Gasteiger partial charge in [0.05, 0.1) is 24.7 Å². The summed E-state index contributed by atoms with van der Waals surface area (Å²) in [4.78, 5) is 20.6. The second-order valence-corrected chi connectivity index (χ2v) is 9.22. The Morgan fingerprint density at radius 2 is 1.85 bits per heavy atom. The summed E-state index contributed by atoms with van der Waals surface area (Å²) in [5.74, 6) is 1.97. The number of para-hydroxylation sites is 1. The normalized spacial score (nSPS) is 11.6. The van der Waals surface area contributed by atoms with E-state index in [1.54, 1.807) is 23.6 Å². The highest BCUT2D eigenvalue weighted by Gasteiger charge is 2.18. The minimum atomic E-state index is -0.168. The van der Waals surface area contributed by atoms with E-state index in [-0.39, 0.29) is 17.8 Å². The van der Waals surface area contributed by atoms with Crippen molar-refractivity contribution in [1.29, 1.82) is 0 Å². The van der Waals surface area contributed by atoms with Gasteiger partial charge in [-0.1, -0.05) is 45.9 Å². The minimum absolute atomic E-state index is 0.0963. The van der Waals surface area contributed by atoms with Gasteiger partial charge in [0.1, 0.15) is 5.75 Å². The molecule has 0 amide bonds. The maximum absolute atomic E-state index is 12.6. The van der Waals surface area contributed by atoms with Crippen LogP contribution in [0.5, 0.6) is 5.75 Å². The summed E-state index contributed by atoms with van der Waals surface area (Å²) in [6.07, 6.45) is 5.84. The van der Waals surface area contributed by atoms with Gasteiger partial charge in [-0.25, -0.2) is 4.98 Å². The number of imidazole rings is 1. The van der Waals surface area contributed by atoms with Crippen molar-refractivity contribution in [1.82, 2.24) is 14.4 Å². The Labute approximate surface area is 195 Å². The third kappa shape index (κ3) is 6.96. The third-order valence-corrected chi connectivity index (χ3v) is 5.26. The van der Waals surface area contributed by atoms with Crippen molar-refractivity contribution in [2.24, 2.45) is 0 Å². The van der Waals surface area contributed by atoms with Crippen molar-refractivity contribution < 1.29 is 14.2 Å². The first-order chi connectivity index (χ1) is 15.8. The van der Waals surface area contributed by atoms with Crippen LogP contribution in [0.3, 0.4) is 0 Å². The zero-order valence-electron chi connectivity index (χ0n) is 20.1. The van der Waals surface area contributed by atoms with E-state index < -0.39 is 0 Å². The highest BCUT2D eigenvalue weighted by atomic mass is 16.7. The Balaban J connectivity index is 1.56. The fourth-order valence-electron chi connectivity index (χ4n) is 3.37. The SMILES string of the molecule is C=C(C)OCOCCCCCCOc1ccccc1-c1cn2c(=O)cc(C(C)(C)C)[nH]c2n1. The van der Waals surface area contributed by atoms with Gasteiger partial charge in [-0.15, -0.1) is 0 Å². The number of aromatic amines is 1. The molecule has 0 aliphatic heterocycles. The molecule has 3 rings (SSSR count). The largest absolute Gasteiger partial charge is 0.493 e. The molecule has 0 unspecified atom stereocenters. The van der Waals surface area contributed by atoms with Crippen LogP contribution in [0.2, 0.25) is 0 Å². The minimum Gasteiger partial charge on any atom is -0.493 e. The summed E-state index contributed by atoms with van der Waals surface area (Å²) >= 11 is 0. The lowest BCUT2D eigenvalue weighted by molar-refractivity contribution is -0.0234. The number of hydrogen-bond donors (Lipinski definition) is 1. The Morgan fingerprint density at radius 1 is 1.12 bits per heavy atom. The third-order valence-electron chi connectivity index (χ3n) is 5.26. The van der Waals surface area contributed by atoms with Gasteiger partial charge in [0.2, 0.25) is 5.78 Å². The molecule has 7 nitrogen and oxygen atoms in total. The fraction of sp³-hybridized carbons (Fsp3) is 0.462. The lowest BCUT2D eigenvalue weighted by Gasteiger charge is -2.18. The van der Waals surface area contributed by atoms with E-state index in [4.69, 9.17) is 14.2 Å². The number of aromatic nitrogens is 3. The maximum Gasteiger partial charge on any atom is 0.259 e. The van der Waals surface area contributed by atoms with Crippen LogP contribution < -0.4 is 10.3 Å². The van der Waals surface area contributed by atoms with Crippen LogP contribution in [0.25, 0.3) is 17.0 Å². The first-order valence-corrected chi connectivity index (χ1v) is 11.5. The van der Waals surface area contributed by atoms with Crippen LogP contribution in [0.15, 0.2) is 53.7 Å². The van der Waals surface area contributed by atoms with Gasteiger partial charge in [-0.3, -0.25) is 9.20 Å². The molecular weight excluding hydrogens is 418 g/mol. The van der Waals surface area contributed by atoms with Gasteiger partial charge >= 0.3 is 0 Å². The molecule has 0 saturated heterocycles. The van der Waals surface area contributed by atoms with Gasteiger partial charge in [0.25, 0.3) is 5.56 Å². The second kappa shape index (κ2) is 11.2. The smallest absolute Gasteiger partial charge is 0.259 e. The Morgan fingerprint density at radius 3 is 2.58 bits per heavy atom. The van der Waals surface area contributed by atoms with Crippen LogP contribution in [-0.2, 0) is 14.9 Å². The molecule has 2 aromatic heterocycles. The Bertz CT molecular complexity index is 1120. The quantitative estimate of drug-likeness (QED) is 0.224. The molecule has 2 heterocycles. The predicted molar refractivity (Wildman–Crippen MR) is 131 cm³/mol. The zero-order valence-corrected chi connectivity index (χ0v) is 20.1. The van der Waals surface area contributed by atoms with Crippen LogP contribution in [-0.4, -0.2) is 34.4 Å². The van der Waals surface area contributed by atoms with E-state index in [0.717, 1.165) is 42.7 Å². The number of ether oxygens (including phenoxy) is 3. The number of allylic oxidation sites excluding steroid dienone is 1. The predicted octanol–water partition coefficient (Wildman–Crippen LogP) is 5.45. The first-order valence-electron chi connectivity index (χ1n) is 11.5. The van der Waals surface area contributed by atoms with Crippen molar-refractivity contribution in [3.63, 3.8) is 0 Å². The van der Waals surface area contributed by atoms with Gasteiger partial charge in [-0.2, -0.15) is 0 Å². The van der Waals surface area contributed by atoms with Gasteiger partial charge in [0.15, 0.2) is 6.79 Å². The second-order valence-electron chi connectivity index (χ2n) is 9.22. The summed E-state index contributed by atoms with van der Waals surface area (Å²) in [6, 6.07) is 9.45. The number of unbranched alkanes of at least 4 members (excludes halogenated alkanes) is 3. The molecule has 0 saturated carbocycles. The summed E-state index contributed by atoms with van der Waals surface area (Å²) in [5, 5.41) is 0. The molecule has 0 aliphatic rings. The number of fused-ring (bicyclic) bond motifs is 1. The monoisotopic (exact) mass is 453 g/mol. The van der Waals surface area contributed by atoms with Crippen molar-refractivity contribution in [2.45, 2.75) is 58.8 Å². The van der Waals surface area contributed by atoms with Gasteiger partial charge in [-0.05, 0) is 38.3 Å². The van der Waals surface area contributed by atoms with Gasteiger partial charge in [0, 0.05) is 28.9 Å². The molecular formula is C26H35N3O4. The summed E-state index contributed by atoms with van der Waals surface area (Å²) < 4.78 is 18.2. The van der Waals surface area contributed by atoms with E-state index >= 15 is 0 Å². The van der Waals surface area contributed by atoms with Crippen LogP contribution >= 0.6 is 0 Å². The summed E-state index contributed by atoms with van der Waals surface area (Å²) in [6.45, 7) is 13.2. The van der Waals surface area contributed by atoms with E-state index in [0.29, 0.717) is 30.4 Å². The summed E-state index contributed by atoms with van der Waals surface area (Å²) in [7, 11) is 0. The molecule has 0 atom stereocenters. The number of hydrogen-bond acceptors (Lipinski definition) is 5. The molecule has 33 heavy (non-hydrogen) atoms. The van der Waals surface area contributed by atoms with Crippen molar-refractivity contribution in [3.05, 3.63) is 64.9 Å². The van der Waals surface area contributed by atoms with E-state index in [1.807, 2.05) is 24.3 Å². The Kier molecular flexibility index (Phi) is 8.33. The standard InChI is InChI=1S/C26H35N3O4/c1-19(2)33-18-31-14-10-6-7-11-15-32-22-13-9-8-12-20(22)21-17-29-24(30)16-23(26(3,4)5)28-25(29)27-21/h8-9,12-13,16-17H,1,6-7,10-11,14-15,18H2,2-5H3,(H,27,28). The lowest BCUT2D eigenvalue weighted by Crippen LogP contribution is -2.21. The fourth-order valence-corrected chi connectivity index (χ4v) is 3.37. The van der Waals surface area contributed by atoms with E-state index in [2.05, 4.69) is 37.3 Å². The highest BCUT2D eigenvalue weighted by Crippen LogP contribution is 2.29. The number of nitrogens with zero attached hydrogens (tertiary/aromatic N) is 2. The Hall–Kier alpha value is -3.06. The molecule has 0 fully saturated rings. The van der Waals surface area contributed by atoms with E-state index in [9.17, 15) is 4.79 Å². The maximum atomic E-state index is 12.6. The molecule has 178 valence electrons. The number of nitrogens with one attached hydrogen (secondary N) is 1. The molecule has 1 N–H and O–H groups in total. The van der Waals surface area contributed by atoms with Gasteiger partial charge < -0.3 is 19.2 Å². The van der Waals surface area contributed by atoms with Crippen molar-refractivity contribution >= 4 is 5.78 Å². The van der Waals surface area contributed by atoms with Crippen molar-refractivity contribution in [3.8, 4) is 17.0 Å². The lowest BCUT2D eigenvalue weighted by atomic mass is 9.92. The van der Waals surface area contributed by atoms with Crippen LogP contribution in [0.1, 0.15) is 59.1 Å². The topological polar surface area (TPSA) is 77.9 Å². The average Bonchev–Trinajstić information content (AvgIpc) is 3.19. The molecule has 0 spiro atoms. The van der Waals surface area contributed by atoms with Crippen LogP contribution in [0.4, 0.5) is 0 Å². The number of rotatable bonds is 12. The number of H-pyrrole nitrogens is 1. The number of benzene rings is 1. The molecule has 0 aliphatic carbocycles. The highest BCUT2D eigenvalue weighted by molar-refractivity contribution is 5.68. The average molecular weight is 454 g/mol. The first kappa shape index (κ1) is 24.6. The molecule has 1 aromatic carbocycles. The van der Waals surface area contributed by atoms with Crippen LogP contribution in [0, 0.1) is 0 Å². The van der Waals surface area contributed by atoms with Crippen molar-refractivity contribution in [2.75, 3.05) is 20.0 Å². The molecule has 0 radical (unpaired) electrons. The summed E-state index contributed by atoms with van der Waals surface area (Å²) in [5.41, 5.74) is 2.17. The molecule has 3 aromatic rings. The molecule has 0 bridgehead atoms. The molecule has 7 heteroatoms. The van der Waals surface area contributed by atoms with E-state index in [1.165, 1.54) is 0 Å². The zero-order chi connectivity index (χ0) is 23.8.